The lowest BCUT2D eigenvalue weighted by atomic mass is 10.0. The first-order valence-electron chi connectivity index (χ1n) is 13.5. The first-order chi connectivity index (χ1) is 15.7. The second-order valence-corrected chi connectivity index (χ2v) is 9.00. The van der Waals surface area contributed by atoms with Gasteiger partial charge in [0.1, 0.15) is 5.60 Å². The van der Waals surface area contributed by atoms with Gasteiger partial charge in [-0.3, -0.25) is 0 Å². The Hall–Kier alpha value is -0.680. The van der Waals surface area contributed by atoms with Gasteiger partial charge in [0.25, 0.3) is 0 Å². The second kappa shape index (κ2) is 25.0. The molecular weight excluding hydrogens is 400 g/mol. The quantitative estimate of drug-likeness (QED) is 0.114. The van der Waals surface area contributed by atoms with Gasteiger partial charge in [0.2, 0.25) is 0 Å². The molecule has 0 fully saturated rings. The van der Waals surface area contributed by atoms with Gasteiger partial charge in [-0.05, 0) is 25.7 Å². The van der Waals surface area contributed by atoms with Crippen molar-refractivity contribution < 1.29 is 19.7 Å². The lowest BCUT2D eigenvalue weighted by Crippen LogP contribution is -2.30. The van der Waals surface area contributed by atoms with E-state index in [2.05, 4.69) is 26.0 Å². The molecule has 0 heterocycles. The van der Waals surface area contributed by atoms with Crippen molar-refractivity contribution >= 4 is 0 Å². The molecule has 32 heavy (non-hydrogen) atoms. The molecule has 0 atom stereocenters. The third-order valence-corrected chi connectivity index (χ3v) is 5.70. The van der Waals surface area contributed by atoms with Crippen molar-refractivity contribution in [2.45, 2.75) is 122 Å². The summed E-state index contributed by atoms with van der Waals surface area (Å²) in [4.78, 5) is 0. The first kappa shape index (κ1) is 31.3. The minimum atomic E-state index is -1.06. The fourth-order valence-corrected chi connectivity index (χ4v) is 3.69. The van der Waals surface area contributed by atoms with E-state index in [1.165, 1.54) is 89.9 Å². The number of allylic oxidation sites excluding steroid dienone is 2. The van der Waals surface area contributed by atoms with Crippen LogP contribution in [0.5, 0.6) is 0 Å². The third-order valence-electron chi connectivity index (χ3n) is 5.70. The van der Waals surface area contributed by atoms with Crippen LogP contribution in [0.1, 0.15) is 117 Å². The van der Waals surface area contributed by atoms with E-state index in [1.807, 2.05) is 12.2 Å². The van der Waals surface area contributed by atoms with E-state index in [0.29, 0.717) is 19.8 Å². The molecule has 190 valence electrons. The molecule has 0 amide bonds. The highest BCUT2D eigenvalue weighted by molar-refractivity contribution is 5.14. The fraction of sp³-hybridized carbons (Fsp3) is 0.857. The van der Waals surface area contributed by atoms with Crippen molar-refractivity contribution in [1.82, 2.24) is 0 Å². The first-order valence-corrected chi connectivity index (χ1v) is 13.5. The lowest BCUT2D eigenvalue weighted by molar-refractivity contribution is -0.0141. The molecule has 0 aliphatic rings. The predicted octanol–water partition coefficient (Wildman–Crippen LogP) is 7.14. The molecule has 0 aromatic heterocycles. The Morgan fingerprint density at radius 1 is 0.594 bits per heavy atom. The number of unbranched alkanes of at least 4 members (excludes halogenated alkanes) is 14. The van der Waals surface area contributed by atoms with Crippen LogP contribution in [0.4, 0.5) is 0 Å². The number of ether oxygens (including phenoxy) is 2. The summed E-state index contributed by atoms with van der Waals surface area (Å²) < 4.78 is 10.9. The summed E-state index contributed by atoms with van der Waals surface area (Å²) in [5, 5.41) is 19.8. The van der Waals surface area contributed by atoms with E-state index >= 15 is 0 Å². The molecule has 0 aromatic carbocycles. The summed E-state index contributed by atoms with van der Waals surface area (Å²) >= 11 is 0. The minimum Gasteiger partial charge on any atom is -0.394 e. The Balaban J connectivity index is 4.25. The standard InChI is InChI=1S/C28H54O4/c1-3-5-7-9-11-13-15-17-19-21-28(30,27-32-26-25-31-24-23-29)22-20-18-16-14-12-10-8-6-4-2/h19-22,29-30H,3-18,23-27H2,1-2H3. The SMILES string of the molecule is CCCCCCCCCC=CC(O)(C=CCCCCCCCCC)COCCOCCO. The molecule has 0 rings (SSSR count). The maximum Gasteiger partial charge on any atom is 0.124 e. The van der Waals surface area contributed by atoms with Crippen LogP contribution in [0.15, 0.2) is 24.3 Å². The minimum absolute atomic E-state index is 0.0205. The van der Waals surface area contributed by atoms with E-state index in [1.54, 1.807) is 0 Å². The third kappa shape index (κ3) is 22.5. The zero-order valence-corrected chi connectivity index (χ0v) is 21.4. The van der Waals surface area contributed by atoms with Crippen molar-refractivity contribution in [3.63, 3.8) is 0 Å². The van der Waals surface area contributed by atoms with Gasteiger partial charge in [-0.25, -0.2) is 0 Å². The number of hydrogen-bond donors (Lipinski definition) is 2. The van der Waals surface area contributed by atoms with Gasteiger partial charge in [-0.15, -0.1) is 0 Å². The largest absolute Gasteiger partial charge is 0.394 e. The second-order valence-electron chi connectivity index (χ2n) is 9.00. The fourth-order valence-electron chi connectivity index (χ4n) is 3.69. The predicted molar refractivity (Wildman–Crippen MR) is 137 cm³/mol. The van der Waals surface area contributed by atoms with Crippen LogP contribution < -0.4 is 0 Å². The molecule has 0 bridgehead atoms. The van der Waals surface area contributed by atoms with Crippen LogP contribution >= 0.6 is 0 Å². The van der Waals surface area contributed by atoms with E-state index in [9.17, 15) is 5.11 Å². The van der Waals surface area contributed by atoms with E-state index < -0.39 is 5.60 Å². The molecule has 0 aliphatic carbocycles. The van der Waals surface area contributed by atoms with Crippen LogP contribution in [0.3, 0.4) is 0 Å². The van der Waals surface area contributed by atoms with E-state index in [0.717, 1.165) is 12.8 Å². The van der Waals surface area contributed by atoms with Crippen LogP contribution in [0.25, 0.3) is 0 Å². The highest BCUT2D eigenvalue weighted by Crippen LogP contribution is 2.15. The summed E-state index contributed by atoms with van der Waals surface area (Å²) in [6.45, 7) is 5.93. The van der Waals surface area contributed by atoms with Gasteiger partial charge in [0.05, 0.1) is 33.0 Å². The van der Waals surface area contributed by atoms with Gasteiger partial charge in [0, 0.05) is 0 Å². The summed E-state index contributed by atoms with van der Waals surface area (Å²) in [7, 11) is 0. The van der Waals surface area contributed by atoms with Crippen molar-refractivity contribution in [2.24, 2.45) is 0 Å². The highest BCUT2D eigenvalue weighted by atomic mass is 16.5. The Kier molecular flexibility index (Phi) is 24.4. The van der Waals surface area contributed by atoms with Gasteiger partial charge >= 0.3 is 0 Å². The monoisotopic (exact) mass is 454 g/mol. The van der Waals surface area contributed by atoms with Gasteiger partial charge in [-0.1, -0.05) is 115 Å². The van der Waals surface area contributed by atoms with Gasteiger partial charge in [-0.2, -0.15) is 0 Å². The average molecular weight is 455 g/mol. The van der Waals surface area contributed by atoms with Crippen molar-refractivity contribution in [3.8, 4) is 0 Å². The van der Waals surface area contributed by atoms with Crippen LogP contribution in [-0.2, 0) is 9.47 Å². The normalized spacial score (nSPS) is 14.0. The van der Waals surface area contributed by atoms with E-state index in [-0.39, 0.29) is 13.2 Å². The molecule has 0 saturated carbocycles. The number of aliphatic hydroxyl groups excluding tert-OH is 1. The van der Waals surface area contributed by atoms with Crippen LogP contribution in [0.2, 0.25) is 0 Å². The lowest BCUT2D eigenvalue weighted by Gasteiger charge is -2.21. The summed E-state index contributed by atoms with van der Waals surface area (Å²) in [6.07, 6.45) is 28.2. The molecule has 4 heteroatoms. The molecule has 0 aliphatic heterocycles. The number of aliphatic hydroxyl groups is 2. The Labute approximate surface area is 199 Å². The van der Waals surface area contributed by atoms with E-state index in [4.69, 9.17) is 14.6 Å². The maximum absolute atomic E-state index is 11.0. The summed E-state index contributed by atoms with van der Waals surface area (Å²) in [6, 6.07) is 0. The van der Waals surface area contributed by atoms with Gasteiger partial charge < -0.3 is 19.7 Å². The molecule has 4 nitrogen and oxygen atoms in total. The smallest absolute Gasteiger partial charge is 0.124 e. The Morgan fingerprint density at radius 3 is 1.50 bits per heavy atom. The van der Waals surface area contributed by atoms with Crippen molar-refractivity contribution in [3.05, 3.63) is 24.3 Å². The zero-order valence-electron chi connectivity index (χ0n) is 21.4. The maximum atomic E-state index is 11.0. The molecule has 0 spiro atoms. The van der Waals surface area contributed by atoms with Crippen LogP contribution in [-0.4, -0.2) is 48.8 Å². The molecule has 0 radical (unpaired) electrons. The zero-order chi connectivity index (χ0) is 23.6. The summed E-state index contributed by atoms with van der Waals surface area (Å²) in [5.41, 5.74) is -1.06. The molecular formula is C28H54O4. The molecule has 0 unspecified atom stereocenters. The highest BCUT2D eigenvalue weighted by Gasteiger charge is 2.19. The Morgan fingerprint density at radius 2 is 1.03 bits per heavy atom. The van der Waals surface area contributed by atoms with Crippen molar-refractivity contribution in [1.29, 1.82) is 0 Å². The van der Waals surface area contributed by atoms with Gasteiger partial charge in [0.15, 0.2) is 0 Å². The average Bonchev–Trinajstić information content (AvgIpc) is 2.79. The number of rotatable bonds is 25. The summed E-state index contributed by atoms with van der Waals surface area (Å²) in [5.74, 6) is 0. The number of hydrogen-bond acceptors (Lipinski definition) is 4. The van der Waals surface area contributed by atoms with Crippen LogP contribution in [0, 0.1) is 0 Å². The van der Waals surface area contributed by atoms with Crippen molar-refractivity contribution in [2.75, 3.05) is 33.0 Å². The topological polar surface area (TPSA) is 58.9 Å². The molecule has 0 saturated heterocycles. The molecule has 2 N–H and O–H groups in total. The molecule has 0 aromatic rings. The Bertz CT molecular complexity index is 392.